The number of nitrogens with one attached hydrogen (secondary N) is 2. The van der Waals surface area contributed by atoms with E-state index in [0.29, 0.717) is 11.3 Å². The zero-order valence-electron chi connectivity index (χ0n) is 15.4. The first kappa shape index (κ1) is 21.0. The van der Waals surface area contributed by atoms with Gasteiger partial charge in [-0.05, 0) is 37.1 Å². The minimum absolute atomic E-state index is 0.00114. The van der Waals surface area contributed by atoms with Crippen molar-refractivity contribution in [3.05, 3.63) is 68.2 Å². The number of anilines is 1. The molecule has 28 heavy (non-hydrogen) atoms. The Morgan fingerprint density at radius 1 is 1.18 bits per heavy atom. The highest BCUT2D eigenvalue weighted by atomic mass is 35.5. The first-order valence-corrected chi connectivity index (χ1v) is 8.77. The van der Waals surface area contributed by atoms with E-state index in [0.717, 1.165) is 11.1 Å². The van der Waals surface area contributed by atoms with Crippen molar-refractivity contribution in [3.63, 3.8) is 0 Å². The molecule has 0 spiro atoms. The summed E-state index contributed by atoms with van der Waals surface area (Å²) in [7, 11) is 0. The Bertz CT molecular complexity index is 944. The minimum Gasteiger partial charge on any atom is -0.326 e. The van der Waals surface area contributed by atoms with Crippen LogP contribution in [0.5, 0.6) is 0 Å². The summed E-state index contributed by atoms with van der Waals surface area (Å²) in [5.41, 5.74) is 5.19. The zero-order chi connectivity index (χ0) is 20.7. The summed E-state index contributed by atoms with van der Waals surface area (Å²) in [6.45, 7) is 3.86. The maximum Gasteiger partial charge on any atom is 0.288 e. The summed E-state index contributed by atoms with van der Waals surface area (Å²) in [5, 5.41) is 17.4. The molecule has 9 heteroatoms. The number of benzene rings is 2. The van der Waals surface area contributed by atoms with E-state index < -0.39 is 10.8 Å². The lowest BCUT2D eigenvalue weighted by molar-refractivity contribution is -0.384. The molecule has 2 N–H and O–H groups in total. The Kier molecular flexibility index (Phi) is 7.22. The van der Waals surface area contributed by atoms with Gasteiger partial charge in [0.05, 0.1) is 11.1 Å². The molecule has 2 aromatic carbocycles. The normalized spacial score (nSPS) is 10.7. The van der Waals surface area contributed by atoms with Crippen molar-refractivity contribution in [2.24, 2.45) is 5.10 Å². The topological polar surface area (TPSA) is 114 Å². The van der Waals surface area contributed by atoms with Gasteiger partial charge in [-0.3, -0.25) is 19.7 Å². The van der Waals surface area contributed by atoms with E-state index in [1.165, 1.54) is 24.4 Å². The van der Waals surface area contributed by atoms with Gasteiger partial charge in [0.1, 0.15) is 5.02 Å². The van der Waals surface area contributed by atoms with Crippen LogP contribution in [0.15, 0.2) is 41.5 Å². The molecule has 2 rings (SSSR count). The Labute approximate surface area is 166 Å². The number of hydrogen-bond donors (Lipinski definition) is 2. The van der Waals surface area contributed by atoms with Crippen molar-refractivity contribution in [2.75, 3.05) is 5.32 Å². The number of hydrazone groups is 1. The molecule has 0 saturated carbocycles. The van der Waals surface area contributed by atoms with E-state index in [2.05, 4.69) is 15.8 Å². The summed E-state index contributed by atoms with van der Waals surface area (Å²) in [5.74, 6) is -0.725. The van der Waals surface area contributed by atoms with Gasteiger partial charge in [-0.2, -0.15) is 5.10 Å². The average Bonchev–Trinajstić information content (AvgIpc) is 2.65. The number of carbonyl (C=O) groups excluding carboxylic acids is 2. The Morgan fingerprint density at radius 2 is 1.89 bits per heavy atom. The number of aryl methyl sites for hydroxylation is 1. The second-order valence-electron chi connectivity index (χ2n) is 6.06. The Morgan fingerprint density at radius 3 is 2.61 bits per heavy atom. The lowest BCUT2D eigenvalue weighted by Crippen LogP contribution is -2.21. The van der Waals surface area contributed by atoms with Crippen molar-refractivity contribution < 1.29 is 14.5 Å². The van der Waals surface area contributed by atoms with Gasteiger partial charge in [0.25, 0.3) is 5.69 Å². The number of rotatable bonds is 7. The van der Waals surface area contributed by atoms with Crippen LogP contribution in [0.3, 0.4) is 0 Å². The van der Waals surface area contributed by atoms with E-state index in [9.17, 15) is 19.7 Å². The van der Waals surface area contributed by atoms with E-state index in [1.54, 1.807) is 6.07 Å². The van der Waals surface area contributed by atoms with Gasteiger partial charge in [0.15, 0.2) is 0 Å². The SMILES string of the molecule is Cc1cccc(NC(=O)CCC(=O)NN=Cc2ccc(Cl)c([N+](=O)[O-])c2)c1C. The largest absolute Gasteiger partial charge is 0.326 e. The molecule has 0 aliphatic heterocycles. The van der Waals surface area contributed by atoms with Crippen molar-refractivity contribution in [2.45, 2.75) is 26.7 Å². The van der Waals surface area contributed by atoms with Crippen LogP contribution in [0, 0.1) is 24.0 Å². The molecule has 146 valence electrons. The van der Waals surface area contributed by atoms with Crippen LogP contribution in [0.2, 0.25) is 5.02 Å². The van der Waals surface area contributed by atoms with E-state index in [4.69, 9.17) is 11.6 Å². The van der Waals surface area contributed by atoms with Gasteiger partial charge in [-0.15, -0.1) is 0 Å². The summed E-state index contributed by atoms with van der Waals surface area (Å²) in [4.78, 5) is 34.0. The third-order valence-electron chi connectivity index (χ3n) is 4.03. The molecule has 2 amide bonds. The lowest BCUT2D eigenvalue weighted by Gasteiger charge is -2.10. The van der Waals surface area contributed by atoms with Crippen molar-refractivity contribution >= 4 is 41.0 Å². The molecular weight excluding hydrogens is 384 g/mol. The molecule has 0 aliphatic rings. The standard InChI is InChI=1S/C19H19ClN4O4/c1-12-4-3-5-16(13(12)2)22-18(25)8-9-19(26)23-21-11-14-6-7-15(20)17(10-14)24(27)28/h3-7,10-11H,8-9H2,1-2H3,(H,22,25)(H,23,26). The van der Waals surface area contributed by atoms with Crippen LogP contribution in [-0.4, -0.2) is 23.0 Å². The fourth-order valence-electron chi connectivity index (χ4n) is 2.31. The van der Waals surface area contributed by atoms with Crippen LogP contribution in [0.25, 0.3) is 0 Å². The average molecular weight is 403 g/mol. The smallest absolute Gasteiger partial charge is 0.288 e. The van der Waals surface area contributed by atoms with E-state index in [1.807, 2.05) is 26.0 Å². The number of hydrogen-bond acceptors (Lipinski definition) is 5. The van der Waals surface area contributed by atoms with Crippen LogP contribution in [0.4, 0.5) is 11.4 Å². The van der Waals surface area contributed by atoms with Crippen LogP contribution in [-0.2, 0) is 9.59 Å². The summed E-state index contributed by atoms with van der Waals surface area (Å²) < 4.78 is 0. The first-order valence-electron chi connectivity index (χ1n) is 8.40. The highest BCUT2D eigenvalue weighted by molar-refractivity contribution is 6.32. The number of nitro benzene ring substituents is 1. The zero-order valence-corrected chi connectivity index (χ0v) is 16.1. The molecule has 0 saturated heterocycles. The minimum atomic E-state index is -0.604. The Balaban J connectivity index is 1.83. The molecule has 0 bridgehead atoms. The molecule has 0 aromatic heterocycles. The predicted octanol–water partition coefficient (Wildman–Crippen LogP) is 3.73. The molecule has 8 nitrogen and oxygen atoms in total. The van der Waals surface area contributed by atoms with Crippen molar-refractivity contribution in [3.8, 4) is 0 Å². The summed E-state index contributed by atoms with van der Waals surface area (Å²) in [6.07, 6.45) is 1.22. The first-order chi connectivity index (χ1) is 13.3. The van der Waals surface area contributed by atoms with Crippen LogP contribution in [0.1, 0.15) is 29.5 Å². The van der Waals surface area contributed by atoms with Gasteiger partial charge in [0, 0.05) is 30.2 Å². The number of nitro groups is 1. The molecule has 2 aromatic rings. The molecule has 0 fully saturated rings. The highest BCUT2D eigenvalue weighted by Crippen LogP contribution is 2.24. The number of nitrogens with zero attached hydrogens (tertiary/aromatic N) is 2. The van der Waals surface area contributed by atoms with Gasteiger partial charge in [-0.25, -0.2) is 5.43 Å². The molecule has 0 radical (unpaired) electrons. The molecule has 0 heterocycles. The molecule has 0 atom stereocenters. The van der Waals surface area contributed by atoms with Crippen LogP contribution < -0.4 is 10.7 Å². The second kappa shape index (κ2) is 9.61. The number of carbonyl (C=O) groups is 2. The lowest BCUT2D eigenvalue weighted by atomic mass is 10.1. The van der Waals surface area contributed by atoms with E-state index in [-0.39, 0.29) is 29.5 Å². The van der Waals surface area contributed by atoms with E-state index >= 15 is 0 Å². The van der Waals surface area contributed by atoms with Crippen LogP contribution >= 0.6 is 11.6 Å². The third-order valence-corrected chi connectivity index (χ3v) is 4.35. The van der Waals surface area contributed by atoms with Gasteiger partial charge in [0.2, 0.25) is 11.8 Å². The molecular formula is C19H19ClN4O4. The molecule has 0 aliphatic carbocycles. The second-order valence-corrected chi connectivity index (χ2v) is 6.46. The number of amides is 2. The highest BCUT2D eigenvalue weighted by Gasteiger charge is 2.12. The summed E-state index contributed by atoms with van der Waals surface area (Å²) >= 11 is 5.73. The number of halogens is 1. The Hall–Kier alpha value is -3.26. The summed E-state index contributed by atoms with van der Waals surface area (Å²) in [6, 6.07) is 9.75. The maximum atomic E-state index is 12.0. The van der Waals surface area contributed by atoms with Crippen molar-refractivity contribution in [1.29, 1.82) is 0 Å². The fourth-order valence-corrected chi connectivity index (χ4v) is 2.50. The monoisotopic (exact) mass is 402 g/mol. The fraction of sp³-hybridized carbons (Fsp3) is 0.211. The molecule has 0 unspecified atom stereocenters. The maximum absolute atomic E-state index is 12.0. The van der Waals surface area contributed by atoms with Gasteiger partial charge < -0.3 is 5.32 Å². The van der Waals surface area contributed by atoms with Crippen molar-refractivity contribution in [1.82, 2.24) is 5.43 Å². The predicted molar refractivity (Wildman–Crippen MR) is 108 cm³/mol. The van der Waals surface area contributed by atoms with Gasteiger partial charge in [-0.1, -0.05) is 29.8 Å². The third kappa shape index (κ3) is 5.88. The quantitative estimate of drug-likeness (QED) is 0.417. The van der Waals surface area contributed by atoms with Gasteiger partial charge >= 0.3 is 0 Å².